The van der Waals surface area contributed by atoms with Gasteiger partial charge in [0.25, 0.3) is 5.91 Å². The molecule has 2 amide bonds. The molecule has 2 heterocycles. The number of ether oxygens (including phenoxy) is 1. The molecule has 1 fully saturated rings. The summed E-state index contributed by atoms with van der Waals surface area (Å²) >= 11 is 0. The zero-order chi connectivity index (χ0) is 27.1. The van der Waals surface area contributed by atoms with Crippen LogP contribution < -0.4 is 15.4 Å². The van der Waals surface area contributed by atoms with Gasteiger partial charge in [0.1, 0.15) is 29.3 Å². The molecule has 4 aromatic rings. The molecule has 0 saturated heterocycles. The van der Waals surface area contributed by atoms with Gasteiger partial charge in [-0.3, -0.25) is 14.6 Å². The van der Waals surface area contributed by atoms with E-state index in [-0.39, 0.29) is 23.4 Å². The van der Waals surface area contributed by atoms with Crippen LogP contribution in [0.15, 0.2) is 85.1 Å². The van der Waals surface area contributed by atoms with E-state index in [0.717, 1.165) is 18.5 Å². The van der Waals surface area contributed by atoms with Crippen molar-refractivity contribution in [1.82, 2.24) is 15.6 Å². The number of aromatic nitrogens is 1. The zero-order valence-electron chi connectivity index (χ0n) is 21.1. The number of fused-ring (bicyclic) bond motifs is 1. The van der Waals surface area contributed by atoms with E-state index in [0.29, 0.717) is 33.6 Å². The number of phenols is 1. The third kappa shape index (κ3) is 4.48. The fraction of sp³-hybridized carbons (Fsp3) is 0.194. The van der Waals surface area contributed by atoms with Crippen molar-refractivity contribution in [3.05, 3.63) is 113 Å². The molecule has 6 rings (SSSR count). The SMILES string of the molecule is CNC(=O)C1c2cc(-c3cc(C(=O)NC4(c5ccccn5)CC4)ccc3O)ccc2OC1c1ccc(F)cc1. The molecule has 2 aliphatic rings. The molecule has 3 N–H and O–H groups in total. The van der Waals surface area contributed by atoms with Crippen LogP contribution in [0.2, 0.25) is 0 Å². The van der Waals surface area contributed by atoms with Crippen LogP contribution in [0.1, 0.15) is 52.0 Å². The van der Waals surface area contributed by atoms with E-state index in [1.54, 1.807) is 55.7 Å². The number of pyridine rings is 1. The van der Waals surface area contributed by atoms with Gasteiger partial charge < -0.3 is 20.5 Å². The molecule has 2 atom stereocenters. The topological polar surface area (TPSA) is 101 Å². The number of nitrogens with zero attached hydrogens (tertiary/aromatic N) is 1. The Balaban J connectivity index is 1.32. The summed E-state index contributed by atoms with van der Waals surface area (Å²) in [6.07, 6.45) is 2.69. The molecule has 1 saturated carbocycles. The van der Waals surface area contributed by atoms with E-state index in [1.165, 1.54) is 18.2 Å². The lowest BCUT2D eigenvalue weighted by Gasteiger charge is -2.18. The summed E-state index contributed by atoms with van der Waals surface area (Å²) in [6, 6.07) is 21.6. The number of phenolic OH excluding ortho intramolecular Hbond substituents is 1. The van der Waals surface area contributed by atoms with E-state index in [2.05, 4.69) is 15.6 Å². The Morgan fingerprint density at radius 1 is 1.03 bits per heavy atom. The summed E-state index contributed by atoms with van der Waals surface area (Å²) < 4.78 is 19.7. The minimum absolute atomic E-state index is 0.00264. The van der Waals surface area contributed by atoms with Crippen molar-refractivity contribution < 1.29 is 23.8 Å². The van der Waals surface area contributed by atoms with Crippen molar-refractivity contribution in [2.24, 2.45) is 0 Å². The van der Waals surface area contributed by atoms with Gasteiger partial charge >= 0.3 is 0 Å². The molecule has 2 unspecified atom stereocenters. The Bertz CT molecular complexity index is 1570. The maximum atomic E-state index is 13.5. The molecule has 8 heteroatoms. The maximum absolute atomic E-state index is 13.5. The highest BCUT2D eigenvalue weighted by molar-refractivity contribution is 5.97. The first-order chi connectivity index (χ1) is 18.9. The maximum Gasteiger partial charge on any atom is 0.252 e. The average molecular weight is 524 g/mol. The van der Waals surface area contributed by atoms with Crippen LogP contribution in [-0.2, 0) is 10.3 Å². The Kier molecular flexibility index (Phi) is 6.02. The molecule has 1 aliphatic heterocycles. The van der Waals surface area contributed by atoms with Crippen LogP contribution in [0.3, 0.4) is 0 Å². The average Bonchev–Trinajstić information content (AvgIpc) is 3.65. The van der Waals surface area contributed by atoms with Gasteiger partial charge in [-0.15, -0.1) is 0 Å². The minimum Gasteiger partial charge on any atom is -0.507 e. The summed E-state index contributed by atoms with van der Waals surface area (Å²) in [6.45, 7) is 0. The number of amides is 2. The molecular weight excluding hydrogens is 497 g/mol. The Labute approximate surface area is 224 Å². The van der Waals surface area contributed by atoms with Crippen molar-refractivity contribution in [2.45, 2.75) is 30.4 Å². The van der Waals surface area contributed by atoms with E-state index in [9.17, 15) is 19.1 Å². The summed E-state index contributed by atoms with van der Waals surface area (Å²) in [7, 11) is 1.55. The Morgan fingerprint density at radius 2 is 1.82 bits per heavy atom. The fourth-order valence-corrected chi connectivity index (χ4v) is 5.20. The number of aromatic hydroxyl groups is 1. The number of carbonyl (C=O) groups is 2. The molecule has 0 bridgehead atoms. The van der Waals surface area contributed by atoms with Gasteiger partial charge in [-0.05, 0) is 78.6 Å². The second-order valence-corrected chi connectivity index (χ2v) is 9.92. The normalized spacial score (nSPS) is 18.5. The van der Waals surface area contributed by atoms with Crippen LogP contribution in [0.5, 0.6) is 11.5 Å². The lowest BCUT2D eigenvalue weighted by Crippen LogP contribution is -2.35. The number of hydrogen-bond acceptors (Lipinski definition) is 5. The molecule has 1 aromatic heterocycles. The van der Waals surface area contributed by atoms with Gasteiger partial charge in [0.2, 0.25) is 5.91 Å². The number of nitrogens with one attached hydrogen (secondary N) is 2. The van der Waals surface area contributed by atoms with Gasteiger partial charge in [0.15, 0.2) is 0 Å². The summed E-state index contributed by atoms with van der Waals surface area (Å²) in [4.78, 5) is 30.6. The van der Waals surface area contributed by atoms with Gasteiger partial charge in [-0.1, -0.05) is 24.3 Å². The highest BCUT2D eigenvalue weighted by Crippen LogP contribution is 2.48. The minimum atomic E-state index is -0.683. The number of carbonyl (C=O) groups excluding carboxylic acids is 2. The molecule has 39 heavy (non-hydrogen) atoms. The Morgan fingerprint density at radius 3 is 2.51 bits per heavy atom. The van der Waals surface area contributed by atoms with Crippen LogP contribution >= 0.6 is 0 Å². The summed E-state index contributed by atoms with van der Waals surface area (Å²) in [5.74, 6) is -1.04. The monoisotopic (exact) mass is 523 g/mol. The first-order valence-electron chi connectivity index (χ1n) is 12.7. The summed E-state index contributed by atoms with van der Waals surface area (Å²) in [5, 5.41) is 16.5. The first-order valence-corrected chi connectivity index (χ1v) is 12.7. The molecule has 3 aromatic carbocycles. The van der Waals surface area contributed by atoms with E-state index < -0.39 is 17.6 Å². The standard InChI is InChI=1S/C31H26FN3O4/c1-33-30(38)27-23-16-19(8-12-25(23)39-28(27)18-5-9-21(32)10-6-18)22-17-20(7-11-24(22)36)29(37)35-31(13-14-31)26-4-2-3-15-34-26/h2-12,15-17,27-28,36H,13-14H2,1H3,(H,33,38)(H,35,37). The molecule has 0 radical (unpaired) electrons. The van der Waals surface area contributed by atoms with Crippen LogP contribution in [0.25, 0.3) is 11.1 Å². The second kappa shape index (κ2) is 9.54. The number of hydrogen-bond donors (Lipinski definition) is 3. The van der Waals surface area contributed by atoms with Gasteiger partial charge in [-0.2, -0.15) is 0 Å². The smallest absolute Gasteiger partial charge is 0.252 e. The quantitative estimate of drug-likeness (QED) is 0.331. The number of benzene rings is 3. The van der Waals surface area contributed by atoms with E-state index in [1.807, 2.05) is 18.2 Å². The van der Waals surface area contributed by atoms with Gasteiger partial charge in [0.05, 0.1) is 11.2 Å². The van der Waals surface area contributed by atoms with Crippen LogP contribution in [0, 0.1) is 5.82 Å². The lowest BCUT2D eigenvalue weighted by atomic mass is 9.88. The third-order valence-corrected chi connectivity index (χ3v) is 7.46. The van der Waals surface area contributed by atoms with Gasteiger partial charge in [-0.25, -0.2) is 4.39 Å². The lowest BCUT2D eigenvalue weighted by molar-refractivity contribution is -0.123. The molecule has 1 aliphatic carbocycles. The van der Waals surface area contributed by atoms with Crippen LogP contribution in [0.4, 0.5) is 4.39 Å². The zero-order valence-corrected chi connectivity index (χ0v) is 21.1. The number of rotatable bonds is 6. The molecule has 196 valence electrons. The van der Waals surface area contributed by atoms with E-state index >= 15 is 0 Å². The summed E-state index contributed by atoms with van der Waals surface area (Å²) in [5.41, 5.74) is 3.14. The van der Waals surface area contributed by atoms with Gasteiger partial charge in [0, 0.05) is 29.9 Å². The number of likely N-dealkylation sites (N-methyl/N-ethyl adjacent to an activating group) is 1. The highest BCUT2D eigenvalue weighted by atomic mass is 19.1. The third-order valence-electron chi connectivity index (χ3n) is 7.46. The second-order valence-electron chi connectivity index (χ2n) is 9.92. The van der Waals surface area contributed by atoms with Crippen LogP contribution in [-0.4, -0.2) is 29.0 Å². The van der Waals surface area contributed by atoms with Crippen molar-refractivity contribution in [3.63, 3.8) is 0 Å². The molecule has 0 spiro atoms. The van der Waals surface area contributed by atoms with E-state index in [4.69, 9.17) is 4.74 Å². The first kappa shape index (κ1) is 24.6. The van der Waals surface area contributed by atoms with Crippen molar-refractivity contribution in [3.8, 4) is 22.6 Å². The predicted octanol–water partition coefficient (Wildman–Crippen LogP) is 4.98. The highest BCUT2D eigenvalue weighted by Gasteiger charge is 2.47. The predicted molar refractivity (Wildman–Crippen MR) is 143 cm³/mol. The number of halogens is 1. The van der Waals surface area contributed by atoms with Crippen molar-refractivity contribution >= 4 is 11.8 Å². The largest absolute Gasteiger partial charge is 0.507 e. The Hall–Kier alpha value is -4.72. The van der Waals surface area contributed by atoms with Crippen molar-refractivity contribution in [1.29, 1.82) is 0 Å². The van der Waals surface area contributed by atoms with Crippen molar-refractivity contribution in [2.75, 3.05) is 7.05 Å². The molecule has 7 nitrogen and oxygen atoms in total. The fourth-order valence-electron chi connectivity index (χ4n) is 5.20. The molecular formula is C31H26FN3O4.